The molecule has 0 spiro atoms. The van der Waals surface area contributed by atoms with Gasteiger partial charge in [0, 0.05) is 6.42 Å². The van der Waals surface area contributed by atoms with Gasteiger partial charge in [-0.2, -0.15) is 0 Å². The Balaban J connectivity index is 3.57. The standard InChI is InChI=1S/C7H12O/c1-3-5-6-7(8)4-2/h3,5-6,8H,4H2,1-2H3/b5-3-,7-6+. The van der Waals surface area contributed by atoms with Crippen LogP contribution < -0.4 is 0 Å². The Morgan fingerprint density at radius 3 is 2.62 bits per heavy atom. The quantitative estimate of drug-likeness (QED) is 0.429. The predicted octanol–water partition coefficient (Wildman–Crippen LogP) is 2.41. The number of hydrogen-bond acceptors (Lipinski definition) is 1. The van der Waals surface area contributed by atoms with E-state index in [-0.39, 0.29) is 0 Å². The zero-order valence-electron chi connectivity index (χ0n) is 5.39. The maximum Gasteiger partial charge on any atom is 0.0919 e. The van der Waals surface area contributed by atoms with Gasteiger partial charge < -0.3 is 5.11 Å². The molecule has 1 nitrogen and oxygen atoms in total. The molecule has 0 saturated carbocycles. The highest BCUT2D eigenvalue weighted by Crippen LogP contribution is 1.92. The van der Waals surface area contributed by atoms with Crippen LogP contribution in [0.3, 0.4) is 0 Å². The van der Waals surface area contributed by atoms with E-state index in [0.717, 1.165) is 0 Å². The molecule has 0 saturated heterocycles. The summed E-state index contributed by atoms with van der Waals surface area (Å²) in [5.41, 5.74) is 0. The van der Waals surface area contributed by atoms with Gasteiger partial charge in [0.15, 0.2) is 0 Å². The average molecular weight is 112 g/mol. The lowest BCUT2D eigenvalue weighted by atomic mass is 10.3. The zero-order valence-corrected chi connectivity index (χ0v) is 5.39. The van der Waals surface area contributed by atoms with Crippen molar-refractivity contribution in [3.63, 3.8) is 0 Å². The van der Waals surface area contributed by atoms with Crippen LogP contribution in [0.4, 0.5) is 0 Å². The molecule has 0 fully saturated rings. The summed E-state index contributed by atoms with van der Waals surface area (Å²) in [6, 6.07) is 0. The first kappa shape index (κ1) is 7.28. The fourth-order valence-electron chi connectivity index (χ4n) is 0.325. The molecule has 0 aliphatic heterocycles. The maximum atomic E-state index is 8.80. The van der Waals surface area contributed by atoms with Crippen molar-refractivity contribution in [2.24, 2.45) is 0 Å². The molecule has 0 aromatic carbocycles. The highest BCUT2D eigenvalue weighted by Gasteiger charge is 1.78. The highest BCUT2D eigenvalue weighted by molar-refractivity contribution is 5.04. The number of allylic oxidation sites excluding steroid dienone is 4. The van der Waals surface area contributed by atoms with E-state index in [1.807, 2.05) is 26.0 Å². The van der Waals surface area contributed by atoms with Gasteiger partial charge in [0.05, 0.1) is 5.76 Å². The molecular formula is C7H12O. The molecule has 0 radical (unpaired) electrons. The molecule has 0 bridgehead atoms. The Kier molecular flexibility index (Phi) is 4.04. The summed E-state index contributed by atoms with van der Waals surface area (Å²) in [6.45, 7) is 3.83. The van der Waals surface area contributed by atoms with Gasteiger partial charge in [0.2, 0.25) is 0 Å². The van der Waals surface area contributed by atoms with Gasteiger partial charge >= 0.3 is 0 Å². The van der Waals surface area contributed by atoms with Crippen LogP contribution in [0.1, 0.15) is 20.3 Å². The molecule has 1 N–H and O–H groups in total. The largest absolute Gasteiger partial charge is 0.512 e. The summed E-state index contributed by atoms with van der Waals surface area (Å²) in [6.07, 6.45) is 6.11. The fourth-order valence-corrected chi connectivity index (χ4v) is 0.325. The summed E-state index contributed by atoms with van der Waals surface area (Å²) in [4.78, 5) is 0. The molecule has 0 unspecified atom stereocenters. The summed E-state index contributed by atoms with van der Waals surface area (Å²) < 4.78 is 0. The Labute approximate surface area is 50.3 Å². The minimum absolute atomic E-state index is 0.433. The molecule has 0 atom stereocenters. The van der Waals surface area contributed by atoms with E-state index in [1.165, 1.54) is 0 Å². The topological polar surface area (TPSA) is 20.2 Å². The molecule has 0 aliphatic rings. The maximum absolute atomic E-state index is 8.80. The van der Waals surface area contributed by atoms with Crippen molar-refractivity contribution in [2.75, 3.05) is 0 Å². The number of rotatable bonds is 2. The van der Waals surface area contributed by atoms with Gasteiger partial charge in [-0.05, 0) is 13.0 Å². The Morgan fingerprint density at radius 2 is 2.25 bits per heavy atom. The smallest absolute Gasteiger partial charge is 0.0919 e. The Morgan fingerprint density at radius 1 is 1.62 bits per heavy atom. The SMILES string of the molecule is C/C=C\C=C(\O)CC. The van der Waals surface area contributed by atoms with Crippen LogP contribution in [0.15, 0.2) is 24.0 Å². The molecule has 0 aromatic heterocycles. The van der Waals surface area contributed by atoms with E-state index in [0.29, 0.717) is 12.2 Å². The summed E-state index contributed by atoms with van der Waals surface area (Å²) in [5, 5.41) is 8.80. The molecule has 0 amide bonds. The van der Waals surface area contributed by atoms with Crippen molar-refractivity contribution in [3.05, 3.63) is 24.0 Å². The lowest BCUT2D eigenvalue weighted by Gasteiger charge is -1.86. The molecule has 0 rings (SSSR count). The molecular weight excluding hydrogens is 100 g/mol. The van der Waals surface area contributed by atoms with E-state index >= 15 is 0 Å². The van der Waals surface area contributed by atoms with Gasteiger partial charge in [-0.25, -0.2) is 0 Å². The van der Waals surface area contributed by atoms with E-state index in [2.05, 4.69) is 0 Å². The van der Waals surface area contributed by atoms with Crippen LogP contribution in [0.25, 0.3) is 0 Å². The van der Waals surface area contributed by atoms with E-state index in [9.17, 15) is 0 Å². The van der Waals surface area contributed by atoms with Crippen molar-refractivity contribution in [1.82, 2.24) is 0 Å². The van der Waals surface area contributed by atoms with Crippen molar-refractivity contribution >= 4 is 0 Å². The van der Waals surface area contributed by atoms with Crippen molar-refractivity contribution in [1.29, 1.82) is 0 Å². The highest BCUT2D eigenvalue weighted by atomic mass is 16.3. The number of aliphatic hydroxyl groups excluding tert-OH is 1. The lowest BCUT2D eigenvalue weighted by Crippen LogP contribution is -1.72. The van der Waals surface area contributed by atoms with Gasteiger partial charge in [-0.3, -0.25) is 0 Å². The van der Waals surface area contributed by atoms with E-state index in [1.54, 1.807) is 6.08 Å². The first-order valence-corrected chi connectivity index (χ1v) is 2.82. The van der Waals surface area contributed by atoms with Crippen LogP contribution >= 0.6 is 0 Å². The fraction of sp³-hybridized carbons (Fsp3) is 0.429. The van der Waals surface area contributed by atoms with Crippen molar-refractivity contribution in [3.8, 4) is 0 Å². The van der Waals surface area contributed by atoms with Crippen LogP contribution in [-0.2, 0) is 0 Å². The minimum Gasteiger partial charge on any atom is -0.512 e. The van der Waals surface area contributed by atoms with Gasteiger partial charge in [0.1, 0.15) is 0 Å². The van der Waals surface area contributed by atoms with E-state index in [4.69, 9.17) is 5.11 Å². The molecule has 0 heterocycles. The first-order chi connectivity index (χ1) is 3.81. The molecule has 46 valence electrons. The second-order valence-corrected chi connectivity index (χ2v) is 1.54. The Hall–Kier alpha value is -0.720. The zero-order chi connectivity index (χ0) is 6.41. The van der Waals surface area contributed by atoms with Crippen LogP contribution in [0.2, 0.25) is 0 Å². The predicted molar refractivity (Wildman–Crippen MR) is 35.8 cm³/mol. The minimum atomic E-state index is 0.433. The second-order valence-electron chi connectivity index (χ2n) is 1.54. The second kappa shape index (κ2) is 4.44. The Bertz CT molecular complexity index is 101. The van der Waals surface area contributed by atoms with E-state index < -0.39 is 0 Å². The number of aliphatic hydroxyl groups is 1. The summed E-state index contributed by atoms with van der Waals surface area (Å²) in [7, 11) is 0. The van der Waals surface area contributed by atoms with Crippen molar-refractivity contribution in [2.45, 2.75) is 20.3 Å². The van der Waals surface area contributed by atoms with Crippen LogP contribution in [0, 0.1) is 0 Å². The third-order valence-corrected chi connectivity index (χ3v) is 0.843. The normalized spacial score (nSPS) is 13.0. The van der Waals surface area contributed by atoms with Crippen LogP contribution in [-0.4, -0.2) is 5.11 Å². The van der Waals surface area contributed by atoms with Crippen molar-refractivity contribution < 1.29 is 5.11 Å². The number of hydrogen-bond donors (Lipinski definition) is 1. The average Bonchev–Trinajstić information content (AvgIpc) is 1.83. The third-order valence-electron chi connectivity index (χ3n) is 0.843. The monoisotopic (exact) mass is 112 g/mol. The molecule has 0 aromatic rings. The molecule has 1 heteroatoms. The summed E-state index contributed by atoms with van der Waals surface area (Å²) >= 11 is 0. The van der Waals surface area contributed by atoms with Gasteiger partial charge in [-0.1, -0.05) is 19.1 Å². The lowest BCUT2D eigenvalue weighted by molar-refractivity contribution is 0.395. The third kappa shape index (κ3) is 3.47. The summed E-state index contributed by atoms with van der Waals surface area (Å²) in [5.74, 6) is 0.433. The first-order valence-electron chi connectivity index (χ1n) is 2.82. The van der Waals surface area contributed by atoms with Gasteiger partial charge in [0.25, 0.3) is 0 Å². The molecule has 8 heavy (non-hydrogen) atoms. The van der Waals surface area contributed by atoms with Crippen LogP contribution in [0.5, 0.6) is 0 Å². The van der Waals surface area contributed by atoms with Gasteiger partial charge in [-0.15, -0.1) is 0 Å². The molecule has 0 aliphatic carbocycles.